The number of hydrogen-bond donors (Lipinski definition) is 1. The summed E-state index contributed by atoms with van der Waals surface area (Å²) in [6, 6.07) is 31.8. The molecule has 0 fully saturated rings. The average molecular weight is 416 g/mol. The standard InChI is InChI=1S/C28H20N2O2/c31-28(22-17-29-23-11-2-1-10-21(22)23)20-9-7-8-19(16-20)18-30-24-12-3-5-14-26(24)32-27-15-6-4-13-25(27)30/h1-17,29H,18H2. The maximum absolute atomic E-state index is 13.3. The Labute approximate surface area is 185 Å². The smallest absolute Gasteiger partial charge is 0.195 e. The van der Waals surface area contributed by atoms with Crippen LogP contribution in [0.1, 0.15) is 21.5 Å². The Hall–Kier alpha value is -4.31. The van der Waals surface area contributed by atoms with Crippen molar-refractivity contribution in [2.45, 2.75) is 6.54 Å². The van der Waals surface area contributed by atoms with Crippen LogP contribution in [0, 0.1) is 0 Å². The van der Waals surface area contributed by atoms with Gasteiger partial charge in [-0.25, -0.2) is 0 Å². The molecule has 1 aromatic heterocycles. The number of aromatic amines is 1. The summed E-state index contributed by atoms with van der Waals surface area (Å²) >= 11 is 0. The van der Waals surface area contributed by atoms with E-state index in [9.17, 15) is 4.79 Å². The van der Waals surface area contributed by atoms with Crippen molar-refractivity contribution in [2.24, 2.45) is 0 Å². The fraction of sp³-hybridized carbons (Fsp3) is 0.0357. The maximum Gasteiger partial charge on any atom is 0.195 e. The normalized spacial score (nSPS) is 12.2. The summed E-state index contributed by atoms with van der Waals surface area (Å²) in [4.78, 5) is 18.7. The molecule has 1 aliphatic heterocycles. The lowest BCUT2D eigenvalue weighted by Gasteiger charge is -2.32. The number of ketones is 1. The zero-order valence-corrected chi connectivity index (χ0v) is 17.3. The van der Waals surface area contributed by atoms with E-state index >= 15 is 0 Å². The number of para-hydroxylation sites is 5. The Kier molecular flexibility index (Phi) is 4.29. The van der Waals surface area contributed by atoms with Crippen LogP contribution < -0.4 is 9.64 Å². The number of anilines is 2. The number of hydrogen-bond acceptors (Lipinski definition) is 3. The van der Waals surface area contributed by atoms with Gasteiger partial charge < -0.3 is 14.6 Å². The van der Waals surface area contributed by atoms with Gasteiger partial charge in [-0.1, -0.05) is 60.7 Å². The molecule has 0 radical (unpaired) electrons. The molecule has 6 rings (SSSR count). The zero-order chi connectivity index (χ0) is 21.5. The van der Waals surface area contributed by atoms with E-state index in [-0.39, 0.29) is 5.78 Å². The molecular formula is C28H20N2O2. The first-order chi connectivity index (χ1) is 15.8. The molecule has 4 heteroatoms. The third kappa shape index (κ3) is 3.05. The van der Waals surface area contributed by atoms with Gasteiger partial charge in [-0.3, -0.25) is 4.79 Å². The molecule has 4 aromatic carbocycles. The number of aromatic nitrogens is 1. The van der Waals surface area contributed by atoms with Gasteiger partial charge in [0.25, 0.3) is 0 Å². The predicted molar refractivity (Wildman–Crippen MR) is 127 cm³/mol. The number of ether oxygens (including phenoxy) is 1. The minimum atomic E-state index is 0.0204. The highest BCUT2D eigenvalue weighted by Gasteiger charge is 2.24. The molecule has 2 heterocycles. The summed E-state index contributed by atoms with van der Waals surface area (Å²) in [5.41, 5.74) is 5.43. The molecular weight excluding hydrogens is 396 g/mol. The third-order valence-electron chi connectivity index (χ3n) is 5.90. The SMILES string of the molecule is O=C(c1cccc(CN2c3ccccc3Oc3ccccc32)c1)c1c[nH]c2ccccc12. The van der Waals surface area contributed by atoms with E-state index in [0.29, 0.717) is 17.7 Å². The number of carbonyl (C=O) groups is 1. The van der Waals surface area contributed by atoms with E-state index in [1.165, 1.54) is 0 Å². The van der Waals surface area contributed by atoms with Crippen LogP contribution in [0.3, 0.4) is 0 Å². The lowest BCUT2D eigenvalue weighted by Crippen LogP contribution is -2.20. The predicted octanol–water partition coefficient (Wildman–Crippen LogP) is 6.84. The van der Waals surface area contributed by atoms with Gasteiger partial charge in [-0.15, -0.1) is 0 Å². The summed E-state index contributed by atoms with van der Waals surface area (Å²) in [5.74, 6) is 1.68. The average Bonchev–Trinajstić information content (AvgIpc) is 3.28. The summed E-state index contributed by atoms with van der Waals surface area (Å²) < 4.78 is 6.10. The molecule has 0 unspecified atom stereocenters. The van der Waals surface area contributed by atoms with Crippen LogP contribution in [-0.2, 0) is 6.54 Å². The van der Waals surface area contributed by atoms with Crippen LogP contribution >= 0.6 is 0 Å². The number of H-pyrrole nitrogens is 1. The molecule has 0 aliphatic carbocycles. The van der Waals surface area contributed by atoms with Crippen LogP contribution in [0.5, 0.6) is 11.5 Å². The van der Waals surface area contributed by atoms with Crippen molar-refractivity contribution in [3.63, 3.8) is 0 Å². The molecule has 0 amide bonds. The molecule has 0 spiro atoms. The largest absolute Gasteiger partial charge is 0.453 e. The van der Waals surface area contributed by atoms with Crippen molar-refractivity contribution >= 4 is 28.1 Å². The Morgan fingerprint density at radius 1 is 0.781 bits per heavy atom. The lowest BCUT2D eigenvalue weighted by atomic mass is 10.0. The van der Waals surface area contributed by atoms with Gasteiger partial charge in [0.1, 0.15) is 0 Å². The van der Waals surface area contributed by atoms with E-state index in [4.69, 9.17) is 4.74 Å². The zero-order valence-electron chi connectivity index (χ0n) is 17.3. The second kappa shape index (κ2) is 7.43. The molecule has 5 aromatic rings. The highest BCUT2D eigenvalue weighted by molar-refractivity contribution is 6.16. The molecule has 1 N–H and O–H groups in total. The van der Waals surface area contributed by atoms with Gasteiger partial charge in [-0.2, -0.15) is 0 Å². The molecule has 0 saturated heterocycles. The van der Waals surface area contributed by atoms with E-state index in [1.807, 2.05) is 78.9 Å². The van der Waals surface area contributed by atoms with Crippen molar-refractivity contribution in [3.8, 4) is 11.5 Å². The monoisotopic (exact) mass is 416 g/mol. The van der Waals surface area contributed by atoms with Crippen molar-refractivity contribution in [1.29, 1.82) is 0 Å². The van der Waals surface area contributed by atoms with E-state index < -0.39 is 0 Å². The second-order valence-corrected chi connectivity index (χ2v) is 7.90. The summed E-state index contributed by atoms with van der Waals surface area (Å²) in [7, 11) is 0. The maximum atomic E-state index is 13.3. The third-order valence-corrected chi connectivity index (χ3v) is 5.90. The highest BCUT2D eigenvalue weighted by atomic mass is 16.5. The Bertz CT molecular complexity index is 1420. The number of benzene rings is 4. The number of nitrogens with one attached hydrogen (secondary N) is 1. The molecule has 1 aliphatic rings. The molecule has 0 atom stereocenters. The van der Waals surface area contributed by atoms with Crippen molar-refractivity contribution < 1.29 is 9.53 Å². The van der Waals surface area contributed by atoms with Gasteiger partial charge in [-0.05, 0) is 42.0 Å². The Morgan fingerprint density at radius 2 is 1.47 bits per heavy atom. The Morgan fingerprint density at radius 3 is 2.25 bits per heavy atom. The van der Waals surface area contributed by atoms with Crippen LogP contribution in [0.2, 0.25) is 0 Å². The molecule has 4 nitrogen and oxygen atoms in total. The minimum Gasteiger partial charge on any atom is -0.453 e. The van der Waals surface area contributed by atoms with Gasteiger partial charge in [0.2, 0.25) is 0 Å². The van der Waals surface area contributed by atoms with E-state index in [1.54, 1.807) is 6.20 Å². The van der Waals surface area contributed by atoms with Crippen LogP contribution in [-0.4, -0.2) is 10.8 Å². The van der Waals surface area contributed by atoms with Crippen molar-refractivity contribution in [3.05, 3.63) is 120 Å². The van der Waals surface area contributed by atoms with Gasteiger partial charge in [0.15, 0.2) is 17.3 Å². The number of nitrogens with zero attached hydrogens (tertiary/aromatic N) is 1. The van der Waals surface area contributed by atoms with E-state index in [2.05, 4.69) is 28.1 Å². The first-order valence-electron chi connectivity index (χ1n) is 10.6. The topological polar surface area (TPSA) is 45.3 Å². The second-order valence-electron chi connectivity index (χ2n) is 7.90. The number of carbonyl (C=O) groups excluding carboxylic acids is 1. The molecule has 0 saturated carbocycles. The van der Waals surface area contributed by atoms with Crippen molar-refractivity contribution in [1.82, 2.24) is 4.98 Å². The summed E-state index contributed by atoms with van der Waals surface area (Å²) in [6.45, 7) is 0.631. The fourth-order valence-corrected chi connectivity index (χ4v) is 4.36. The minimum absolute atomic E-state index is 0.0204. The van der Waals surface area contributed by atoms with Gasteiger partial charge in [0.05, 0.1) is 11.4 Å². The quantitative estimate of drug-likeness (QED) is 0.326. The first kappa shape index (κ1) is 18.5. The molecule has 32 heavy (non-hydrogen) atoms. The first-order valence-corrected chi connectivity index (χ1v) is 10.6. The Balaban J connectivity index is 1.37. The fourth-order valence-electron chi connectivity index (χ4n) is 4.36. The molecule has 154 valence electrons. The number of rotatable bonds is 4. The van der Waals surface area contributed by atoms with Crippen LogP contribution in [0.15, 0.2) is 103 Å². The number of fused-ring (bicyclic) bond motifs is 3. The van der Waals surface area contributed by atoms with Crippen LogP contribution in [0.25, 0.3) is 10.9 Å². The van der Waals surface area contributed by atoms with E-state index in [0.717, 1.165) is 39.3 Å². The van der Waals surface area contributed by atoms with Crippen molar-refractivity contribution in [2.75, 3.05) is 4.90 Å². The van der Waals surface area contributed by atoms with Crippen LogP contribution in [0.4, 0.5) is 11.4 Å². The summed E-state index contributed by atoms with van der Waals surface area (Å²) in [5, 5.41) is 0.943. The lowest BCUT2D eigenvalue weighted by molar-refractivity contribution is 0.104. The highest BCUT2D eigenvalue weighted by Crippen LogP contribution is 2.46. The summed E-state index contributed by atoms with van der Waals surface area (Å²) in [6.07, 6.45) is 1.80. The van der Waals surface area contributed by atoms with Gasteiger partial charge >= 0.3 is 0 Å². The van der Waals surface area contributed by atoms with Gasteiger partial charge in [0, 0.05) is 34.8 Å². The molecule has 0 bridgehead atoms.